The van der Waals surface area contributed by atoms with Gasteiger partial charge in [0.15, 0.2) is 5.78 Å². The molecule has 0 saturated heterocycles. The van der Waals surface area contributed by atoms with Gasteiger partial charge in [-0.25, -0.2) is 8.42 Å². The number of nitrogens with zero attached hydrogens (tertiary/aromatic N) is 1. The van der Waals surface area contributed by atoms with Crippen LogP contribution in [0.25, 0.3) is 0 Å². The SMILES string of the molecule is C[Si](C)(C)CCS(=O)(=O)N=C1C=CC(=O)C=C1. The van der Waals surface area contributed by atoms with E-state index in [0.29, 0.717) is 11.8 Å². The van der Waals surface area contributed by atoms with E-state index in [4.69, 9.17) is 0 Å². The van der Waals surface area contributed by atoms with Crippen LogP contribution in [0.4, 0.5) is 0 Å². The summed E-state index contributed by atoms with van der Waals surface area (Å²) in [6.07, 6.45) is 5.47. The Bertz CT molecular complexity index is 477. The maximum absolute atomic E-state index is 11.7. The second-order valence-corrected chi connectivity index (χ2v) is 12.6. The van der Waals surface area contributed by atoms with Crippen molar-refractivity contribution in [3.63, 3.8) is 0 Å². The van der Waals surface area contributed by atoms with Crippen molar-refractivity contribution in [3.05, 3.63) is 24.3 Å². The van der Waals surface area contributed by atoms with Crippen LogP contribution in [0, 0.1) is 0 Å². The normalized spacial score (nSPS) is 16.4. The third-order valence-corrected chi connectivity index (χ3v) is 5.51. The molecule has 0 atom stereocenters. The topological polar surface area (TPSA) is 63.6 Å². The smallest absolute Gasteiger partial charge is 0.253 e. The molecule has 17 heavy (non-hydrogen) atoms. The highest BCUT2D eigenvalue weighted by Crippen LogP contribution is 2.11. The van der Waals surface area contributed by atoms with Crippen LogP contribution in [0.1, 0.15) is 0 Å². The van der Waals surface area contributed by atoms with Gasteiger partial charge in [0.25, 0.3) is 10.0 Å². The molecule has 0 aromatic carbocycles. The van der Waals surface area contributed by atoms with Gasteiger partial charge in [-0.15, -0.1) is 0 Å². The Labute approximate surface area is 103 Å². The first kappa shape index (κ1) is 14.0. The second kappa shape index (κ2) is 5.10. The van der Waals surface area contributed by atoms with Crippen molar-refractivity contribution in [2.24, 2.45) is 4.40 Å². The Morgan fingerprint density at radius 3 is 2.12 bits per heavy atom. The highest BCUT2D eigenvalue weighted by atomic mass is 32.2. The van der Waals surface area contributed by atoms with Crippen LogP contribution in [0.3, 0.4) is 0 Å². The van der Waals surface area contributed by atoms with Crippen molar-refractivity contribution in [1.29, 1.82) is 0 Å². The molecule has 0 saturated carbocycles. The minimum atomic E-state index is -3.42. The van der Waals surface area contributed by atoms with Gasteiger partial charge in [0.1, 0.15) is 0 Å². The molecule has 0 N–H and O–H groups in total. The zero-order chi connectivity index (χ0) is 13.1. The van der Waals surface area contributed by atoms with Crippen LogP contribution in [0.15, 0.2) is 28.7 Å². The van der Waals surface area contributed by atoms with Gasteiger partial charge in [0.05, 0.1) is 11.5 Å². The molecule has 0 unspecified atom stereocenters. The Morgan fingerprint density at radius 1 is 1.12 bits per heavy atom. The monoisotopic (exact) mass is 271 g/mol. The molecule has 0 bridgehead atoms. The van der Waals surface area contributed by atoms with Crippen LogP contribution < -0.4 is 0 Å². The molecular formula is C11H17NO3SSi. The fourth-order valence-electron chi connectivity index (χ4n) is 1.15. The van der Waals surface area contributed by atoms with Crippen molar-refractivity contribution in [2.45, 2.75) is 25.7 Å². The summed E-state index contributed by atoms with van der Waals surface area (Å²) in [6.45, 7) is 6.36. The van der Waals surface area contributed by atoms with Crippen molar-refractivity contribution in [2.75, 3.05) is 5.75 Å². The number of ketones is 1. The summed E-state index contributed by atoms with van der Waals surface area (Å²) in [4.78, 5) is 10.9. The predicted octanol–water partition coefficient (Wildman–Crippen LogP) is 1.79. The van der Waals surface area contributed by atoms with Crippen molar-refractivity contribution >= 4 is 29.6 Å². The first-order chi connectivity index (χ1) is 7.68. The van der Waals surface area contributed by atoms with Gasteiger partial charge in [-0.3, -0.25) is 4.79 Å². The molecule has 1 rings (SSSR count). The largest absolute Gasteiger partial charge is 0.290 e. The predicted molar refractivity (Wildman–Crippen MR) is 72.7 cm³/mol. The first-order valence-electron chi connectivity index (χ1n) is 5.41. The van der Waals surface area contributed by atoms with E-state index in [9.17, 15) is 13.2 Å². The Morgan fingerprint density at radius 2 is 1.65 bits per heavy atom. The lowest BCUT2D eigenvalue weighted by molar-refractivity contribution is -0.110. The third-order valence-electron chi connectivity index (χ3n) is 2.19. The summed E-state index contributed by atoms with van der Waals surface area (Å²) in [5.74, 6) is -0.0644. The van der Waals surface area contributed by atoms with Gasteiger partial charge >= 0.3 is 0 Å². The minimum Gasteiger partial charge on any atom is -0.290 e. The molecule has 0 amide bonds. The summed E-state index contributed by atoms with van der Waals surface area (Å²) in [6, 6.07) is 0.693. The number of rotatable bonds is 4. The molecule has 0 fully saturated rings. The van der Waals surface area contributed by atoms with Crippen molar-refractivity contribution in [1.82, 2.24) is 0 Å². The van der Waals surface area contributed by atoms with Gasteiger partial charge in [-0.2, -0.15) is 4.40 Å². The van der Waals surface area contributed by atoms with Gasteiger partial charge < -0.3 is 0 Å². The fourth-order valence-corrected chi connectivity index (χ4v) is 5.16. The van der Waals surface area contributed by atoms with Crippen molar-refractivity contribution < 1.29 is 13.2 Å². The van der Waals surface area contributed by atoms with E-state index in [1.54, 1.807) is 0 Å². The quantitative estimate of drug-likeness (QED) is 0.578. The summed E-state index contributed by atoms with van der Waals surface area (Å²) in [5.41, 5.74) is 0.320. The van der Waals surface area contributed by atoms with Crippen LogP contribution in [-0.4, -0.2) is 33.7 Å². The molecule has 0 spiro atoms. The molecule has 1 aliphatic carbocycles. The summed E-state index contributed by atoms with van der Waals surface area (Å²) >= 11 is 0. The molecule has 1 aliphatic rings. The molecule has 0 aromatic rings. The van der Waals surface area contributed by atoms with E-state index in [0.717, 1.165) is 0 Å². The van der Waals surface area contributed by atoms with E-state index in [2.05, 4.69) is 24.0 Å². The minimum absolute atomic E-state index is 0.0852. The highest BCUT2D eigenvalue weighted by Gasteiger charge is 2.18. The molecule has 6 heteroatoms. The second-order valence-electron chi connectivity index (χ2n) is 5.18. The molecule has 0 aromatic heterocycles. The molecule has 0 aliphatic heterocycles. The van der Waals surface area contributed by atoms with E-state index >= 15 is 0 Å². The summed E-state index contributed by atoms with van der Waals surface area (Å²) in [7, 11) is -4.81. The van der Waals surface area contributed by atoms with Crippen LogP contribution in [-0.2, 0) is 14.8 Å². The maximum Gasteiger partial charge on any atom is 0.253 e. The third kappa shape index (κ3) is 5.74. The summed E-state index contributed by atoms with van der Waals surface area (Å²) in [5, 5.41) is 0. The van der Waals surface area contributed by atoms with E-state index in [-0.39, 0.29) is 11.5 Å². The molecule has 0 radical (unpaired) electrons. The maximum atomic E-state index is 11.7. The lowest BCUT2D eigenvalue weighted by Gasteiger charge is -2.14. The number of hydrogen-bond donors (Lipinski definition) is 0. The molecular weight excluding hydrogens is 254 g/mol. The van der Waals surface area contributed by atoms with E-state index in [1.807, 2.05) is 0 Å². The number of allylic oxidation sites excluding steroid dienone is 4. The zero-order valence-corrected chi connectivity index (χ0v) is 12.1. The highest BCUT2D eigenvalue weighted by molar-refractivity contribution is 7.90. The molecule has 4 nitrogen and oxygen atoms in total. The van der Waals surface area contributed by atoms with E-state index < -0.39 is 18.1 Å². The first-order valence-corrected chi connectivity index (χ1v) is 10.7. The number of hydrogen-bond acceptors (Lipinski definition) is 3. The van der Waals surface area contributed by atoms with Crippen LogP contribution >= 0.6 is 0 Å². The van der Waals surface area contributed by atoms with Crippen LogP contribution in [0.2, 0.25) is 25.7 Å². The lowest BCUT2D eigenvalue weighted by Crippen LogP contribution is -2.23. The average molecular weight is 271 g/mol. The standard InChI is InChI=1S/C11H17NO3SSi/c1-17(2,3)9-8-16(14,15)12-10-4-6-11(13)7-5-10/h4-7H,8-9H2,1-3H3. The molecule has 94 valence electrons. The van der Waals surface area contributed by atoms with Crippen LogP contribution in [0.5, 0.6) is 0 Å². The lowest BCUT2D eigenvalue weighted by atomic mass is 10.2. The Hall–Kier alpha value is -1.01. The van der Waals surface area contributed by atoms with Crippen molar-refractivity contribution in [3.8, 4) is 0 Å². The number of carbonyl (C=O) groups is 1. The Kier molecular flexibility index (Phi) is 4.21. The van der Waals surface area contributed by atoms with Gasteiger partial charge in [0, 0.05) is 8.07 Å². The fraction of sp³-hybridized carbons (Fsp3) is 0.455. The number of carbonyl (C=O) groups excluding carboxylic acids is 1. The molecule has 0 heterocycles. The number of sulfonamides is 1. The van der Waals surface area contributed by atoms with Gasteiger partial charge in [0.2, 0.25) is 0 Å². The zero-order valence-electron chi connectivity index (χ0n) is 10.3. The summed E-state index contributed by atoms with van der Waals surface area (Å²) < 4.78 is 27.1. The van der Waals surface area contributed by atoms with E-state index in [1.165, 1.54) is 24.3 Å². The van der Waals surface area contributed by atoms with Gasteiger partial charge in [-0.05, 0) is 30.3 Å². The van der Waals surface area contributed by atoms with Gasteiger partial charge in [-0.1, -0.05) is 19.6 Å². The Balaban J connectivity index is 2.74. The average Bonchev–Trinajstić information content (AvgIpc) is 2.18.